The van der Waals surface area contributed by atoms with Crippen LogP contribution in [0.2, 0.25) is 0 Å². The molecule has 14 heavy (non-hydrogen) atoms. The van der Waals surface area contributed by atoms with E-state index in [1.165, 1.54) is 0 Å². The number of nitriles is 1. The zero-order valence-electron chi connectivity index (χ0n) is 7.92. The molecule has 0 spiro atoms. The molecular weight excluding hydrogens is 180 g/mol. The molecule has 3 N–H and O–H groups in total. The van der Waals surface area contributed by atoms with E-state index in [-0.39, 0.29) is 23.8 Å². The van der Waals surface area contributed by atoms with Gasteiger partial charge in [0.1, 0.15) is 0 Å². The highest BCUT2D eigenvalue weighted by molar-refractivity contribution is 5.80. The first-order chi connectivity index (χ1) is 6.81. The normalized spacial score (nSPS) is 31.9. The SMILES string of the molecule is N#CC1CNCC1NC(=O)C1CNC1. The average Bonchev–Trinajstić information content (AvgIpc) is 2.48. The highest BCUT2D eigenvalue weighted by Gasteiger charge is 2.32. The van der Waals surface area contributed by atoms with Crippen molar-refractivity contribution in [1.29, 1.82) is 5.26 Å². The van der Waals surface area contributed by atoms with Crippen LogP contribution in [0.15, 0.2) is 0 Å². The average molecular weight is 194 g/mol. The molecule has 2 heterocycles. The van der Waals surface area contributed by atoms with E-state index < -0.39 is 0 Å². The van der Waals surface area contributed by atoms with Gasteiger partial charge >= 0.3 is 0 Å². The summed E-state index contributed by atoms with van der Waals surface area (Å²) >= 11 is 0. The Morgan fingerprint density at radius 2 is 2.00 bits per heavy atom. The van der Waals surface area contributed by atoms with E-state index in [1.54, 1.807) is 0 Å². The summed E-state index contributed by atoms with van der Waals surface area (Å²) in [5.41, 5.74) is 0. The smallest absolute Gasteiger partial charge is 0.225 e. The predicted molar refractivity (Wildman–Crippen MR) is 50.3 cm³/mol. The van der Waals surface area contributed by atoms with E-state index in [1.807, 2.05) is 0 Å². The van der Waals surface area contributed by atoms with Crippen molar-refractivity contribution in [3.8, 4) is 6.07 Å². The van der Waals surface area contributed by atoms with Crippen molar-refractivity contribution in [2.75, 3.05) is 26.2 Å². The van der Waals surface area contributed by atoms with Crippen LogP contribution in [0.3, 0.4) is 0 Å². The third kappa shape index (κ3) is 1.72. The van der Waals surface area contributed by atoms with Crippen molar-refractivity contribution in [2.24, 2.45) is 11.8 Å². The summed E-state index contributed by atoms with van der Waals surface area (Å²) in [4.78, 5) is 11.6. The molecule has 0 aromatic heterocycles. The van der Waals surface area contributed by atoms with E-state index in [0.717, 1.165) is 13.1 Å². The molecule has 0 aromatic carbocycles. The molecule has 2 fully saturated rings. The van der Waals surface area contributed by atoms with E-state index in [9.17, 15) is 4.79 Å². The number of hydrogen-bond donors (Lipinski definition) is 3. The minimum absolute atomic E-state index is 0.00639. The number of rotatable bonds is 2. The lowest BCUT2D eigenvalue weighted by molar-refractivity contribution is -0.127. The molecule has 2 saturated heterocycles. The first-order valence-electron chi connectivity index (χ1n) is 4.92. The van der Waals surface area contributed by atoms with Crippen LogP contribution >= 0.6 is 0 Å². The Labute approximate surface area is 82.9 Å². The van der Waals surface area contributed by atoms with Crippen LogP contribution in [0.25, 0.3) is 0 Å². The minimum Gasteiger partial charge on any atom is -0.350 e. The highest BCUT2D eigenvalue weighted by Crippen LogP contribution is 2.10. The van der Waals surface area contributed by atoms with Crippen LogP contribution in [-0.4, -0.2) is 38.1 Å². The maximum atomic E-state index is 11.6. The molecular formula is C9H14N4O. The predicted octanol–water partition coefficient (Wildman–Crippen LogP) is -1.57. The lowest BCUT2D eigenvalue weighted by atomic mass is 10.00. The van der Waals surface area contributed by atoms with Gasteiger partial charge in [0.25, 0.3) is 0 Å². The highest BCUT2D eigenvalue weighted by atomic mass is 16.2. The van der Waals surface area contributed by atoms with Gasteiger partial charge in [-0.05, 0) is 0 Å². The molecule has 0 bridgehead atoms. The minimum atomic E-state index is -0.0769. The quantitative estimate of drug-likeness (QED) is 0.496. The molecule has 0 radical (unpaired) electrons. The topological polar surface area (TPSA) is 77.0 Å². The van der Waals surface area contributed by atoms with Gasteiger partial charge in [0, 0.05) is 26.2 Å². The zero-order valence-corrected chi connectivity index (χ0v) is 7.92. The molecule has 0 aliphatic carbocycles. The molecule has 2 aliphatic rings. The largest absolute Gasteiger partial charge is 0.350 e. The monoisotopic (exact) mass is 194 g/mol. The number of nitrogens with one attached hydrogen (secondary N) is 3. The molecule has 0 aromatic rings. The van der Waals surface area contributed by atoms with Crippen LogP contribution in [0.5, 0.6) is 0 Å². The Morgan fingerprint density at radius 3 is 2.57 bits per heavy atom. The molecule has 0 saturated carbocycles. The second kappa shape index (κ2) is 3.95. The summed E-state index contributed by atoms with van der Waals surface area (Å²) in [5.74, 6) is 0.111. The van der Waals surface area contributed by atoms with Crippen molar-refractivity contribution in [1.82, 2.24) is 16.0 Å². The van der Waals surface area contributed by atoms with Gasteiger partial charge in [0.2, 0.25) is 5.91 Å². The maximum Gasteiger partial charge on any atom is 0.225 e. The summed E-state index contributed by atoms with van der Waals surface area (Å²) in [7, 11) is 0. The van der Waals surface area contributed by atoms with Crippen LogP contribution < -0.4 is 16.0 Å². The first-order valence-corrected chi connectivity index (χ1v) is 4.92. The molecule has 2 rings (SSSR count). The fourth-order valence-corrected chi connectivity index (χ4v) is 1.74. The van der Waals surface area contributed by atoms with Gasteiger partial charge in [-0.15, -0.1) is 0 Å². The molecule has 5 heteroatoms. The number of hydrogen-bond acceptors (Lipinski definition) is 4. The Morgan fingerprint density at radius 1 is 1.29 bits per heavy atom. The standard InChI is InChI=1S/C9H14N4O/c10-1-6-2-12-5-8(6)13-9(14)7-3-11-4-7/h6-8,11-12H,2-5H2,(H,13,14). The van der Waals surface area contributed by atoms with Crippen LogP contribution in [0.1, 0.15) is 0 Å². The summed E-state index contributed by atoms with van der Waals surface area (Å²) < 4.78 is 0. The van der Waals surface area contributed by atoms with Gasteiger partial charge in [0.05, 0.1) is 23.9 Å². The fraction of sp³-hybridized carbons (Fsp3) is 0.778. The lowest BCUT2D eigenvalue weighted by Gasteiger charge is -2.27. The summed E-state index contributed by atoms with van der Waals surface area (Å²) in [6, 6.07) is 2.20. The maximum absolute atomic E-state index is 11.6. The van der Waals surface area contributed by atoms with Gasteiger partial charge in [-0.1, -0.05) is 0 Å². The van der Waals surface area contributed by atoms with E-state index in [0.29, 0.717) is 13.1 Å². The second-order valence-electron chi connectivity index (χ2n) is 3.86. The van der Waals surface area contributed by atoms with Crippen LogP contribution in [-0.2, 0) is 4.79 Å². The molecule has 2 unspecified atom stereocenters. The van der Waals surface area contributed by atoms with Crippen molar-refractivity contribution in [3.05, 3.63) is 0 Å². The molecule has 5 nitrogen and oxygen atoms in total. The van der Waals surface area contributed by atoms with Crippen LogP contribution in [0, 0.1) is 23.2 Å². The third-order valence-electron chi connectivity index (χ3n) is 2.86. The Hall–Kier alpha value is -1.12. The Bertz CT molecular complexity index is 268. The molecule has 2 aliphatic heterocycles. The molecule has 1 amide bonds. The Kier molecular flexibility index (Phi) is 2.66. The summed E-state index contributed by atoms with van der Waals surface area (Å²) in [6.07, 6.45) is 0. The van der Waals surface area contributed by atoms with Gasteiger partial charge in [-0.25, -0.2) is 0 Å². The van der Waals surface area contributed by atoms with Crippen molar-refractivity contribution >= 4 is 5.91 Å². The second-order valence-corrected chi connectivity index (χ2v) is 3.86. The van der Waals surface area contributed by atoms with Crippen LogP contribution in [0.4, 0.5) is 0 Å². The number of carbonyl (C=O) groups is 1. The van der Waals surface area contributed by atoms with Crippen molar-refractivity contribution < 1.29 is 4.79 Å². The van der Waals surface area contributed by atoms with E-state index in [4.69, 9.17) is 5.26 Å². The van der Waals surface area contributed by atoms with Gasteiger partial charge < -0.3 is 16.0 Å². The third-order valence-corrected chi connectivity index (χ3v) is 2.86. The van der Waals surface area contributed by atoms with Gasteiger partial charge in [-0.2, -0.15) is 5.26 Å². The number of nitrogens with zero attached hydrogens (tertiary/aromatic N) is 1. The van der Waals surface area contributed by atoms with Crippen molar-refractivity contribution in [3.63, 3.8) is 0 Å². The van der Waals surface area contributed by atoms with E-state index in [2.05, 4.69) is 22.0 Å². The molecule has 2 atom stereocenters. The summed E-state index contributed by atoms with van der Waals surface area (Å²) in [5, 5.41) is 17.9. The van der Waals surface area contributed by atoms with E-state index >= 15 is 0 Å². The first kappa shape index (κ1) is 9.44. The number of carbonyl (C=O) groups excluding carboxylic acids is 1. The summed E-state index contributed by atoms with van der Waals surface area (Å²) in [6.45, 7) is 2.93. The number of amides is 1. The zero-order chi connectivity index (χ0) is 9.97. The van der Waals surface area contributed by atoms with Gasteiger partial charge in [0.15, 0.2) is 0 Å². The van der Waals surface area contributed by atoms with Gasteiger partial charge in [-0.3, -0.25) is 4.79 Å². The molecule has 76 valence electrons. The Balaban J connectivity index is 1.84. The fourth-order valence-electron chi connectivity index (χ4n) is 1.74. The lowest BCUT2D eigenvalue weighted by Crippen LogP contribution is -2.53. The van der Waals surface area contributed by atoms with Crippen molar-refractivity contribution in [2.45, 2.75) is 6.04 Å².